The van der Waals surface area contributed by atoms with Crippen molar-refractivity contribution in [3.8, 4) is 0 Å². The maximum Gasteiger partial charge on any atom is 0.273 e. The Hall–Kier alpha value is -1.55. The van der Waals surface area contributed by atoms with Crippen LogP contribution in [0.25, 0.3) is 0 Å². The molecule has 0 radical (unpaired) electrons. The molecule has 1 unspecified atom stereocenters. The first-order valence-corrected chi connectivity index (χ1v) is 7.30. The molecule has 0 bridgehead atoms. The number of methoxy groups -OCH3 is 1. The summed E-state index contributed by atoms with van der Waals surface area (Å²) in [6.45, 7) is 0.380. The Balaban J connectivity index is 3.17. The van der Waals surface area contributed by atoms with Crippen molar-refractivity contribution in [1.29, 1.82) is 0 Å². The third-order valence-corrected chi connectivity index (χ3v) is 3.74. The average Bonchev–Trinajstić information content (AvgIpc) is 2.36. The maximum atomic E-state index is 11.2. The van der Waals surface area contributed by atoms with Gasteiger partial charge in [-0.3, -0.25) is 10.1 Å². The van der Waals surface area contributed by atoms with Crippen LogP contribution in [0.1, 0.15) is 5.56 Å². The van der Waals surface area contributed by atoms with E-state index in [-0.39, 0.29) is 16.6 Å². The van der Waals surface area contributed by atoms with E-state index in [1.54, 1.807) is 7.05 Å². The first kappa shape index (κ1) is 16.5. The summed E-state index contributed by atoms with van der Waals surface area (Å²) in [7, 11) is -0.718. The summed E-state index contributed by atoms with van der Waals surface area (Å²) in [4.78, 5) is 10.1. The van der Waals surface area contributed by atoms with Gasteiger partial charge < -0.3 is 10.1 Å². The predicted molar refractivity (Wildman–Crippen MR) is 72.9 cm³/mol. The summed E-state index contributed by atoms with van der Waals surface area (Å²) < 4.78 is 27.4. The lowest BCUT2D eigenvalue weighted by molar-refractivity contribution is -0.385. The van der Waals surface area contributed by atoms with Crippen LogP contribution in [0, 0.1) is 10.1 Å². The Morgan fingerprint density at radius 3 is 2.60 bits per heavy atom. The number of nitrogens with zero attached hydrogens (tertiary/aromatic N) is 1. The molecule has 0 aromatic heterocycles. The Bertz CT molecular complexity index is 588. The second-order valence-electron chi connectivity index (χ2n) is 4.24. The number of ether oxygens (including phenoxy) is 1. The highest BCUT2D eigenvalue weighted by Crippen LogP contribution is 2.23. The first-order valence-electron chi connectivity index (χ1n) is 5.76. The van der Waals surface area contributed by atoms with E-state index in [2.05, 4.69) is 5.32 Å². The molecule has 0 saturated heterocycles. The molecule has 0 heterocycles. The van der Waals surface area contributed by atoms with Gasteiger partial charge in [0.1, 0.15) is 0 Å². The van der Waals surface area contributed by atoms with Gasteiger partial charge in [-0.25, -0.2) is 13.6 Å². The number of hydrogen-bond donors (Lipinski definition) is 2. The first-order chi connectivity index (χ1) is 9.29. The number of sulfonamides is 1. The molecule has 0 spiro atoms. The maximum absolute atomic E-state index is 11.2. The summed E-state index contributed by atoms with van der Waals surface area (Å²) in [5.41, 5.74) is 0.145. The van der Waals surface area contributed by atoms with E-state index < -0.39 is 14.9 Å². The third kappa shape index (κ3) is 4.23. The number of nitro groups is 1. The fourth-order valence-electron chi connectivity index (χ4n) is 1.77. The second-order valence-corrected chi connectivity index (χ2v) is 5.80. The van der Waals surface area contributed by atoms with Gasteiger partial charge in [0.25, 0.3) is 5.69 Å². The Morgan fingerprint density at radius 2 is 2.15 bits per heavy atom. The smallest absolute Gasteiger partial charge is 0.273 e. The standard InChI is InChI=1S/C11H17N3O5S/c1-13-9(7-19-2)5-8-3-4-10(20(12,17)18)6-11(8)14(15)16/h3-4,6,9,13H,5,7H2,1-2H3,(H2,12,17,18). The number of rotatable bonds is 7. The minimum atomic E-state index is -3.96. The van der Waals surface area contributed by atoms with Gasteiger partial charge in [-0.2, -0.15) is 0 Å². The summed E-state index contributed by atoms with van der Waals surface area (Å²) in [5, 5.41) is 19.0. The Morgan fingerprint density at radius 1 is 1.50 bits per heavy atom. The third-order valence-electron chi connectivity index (χ3n) is 2.82. The van der Waals surface area contributed by atoms with Crippen molar-refractivity contribution in [3.05, 3.63) is 33.9 Å². The summed E-state index contributed by atoms with van der Waals surface area (Å²) in [5.74, 6) is 0. The van der Waals surface area contributed by atoms with E-state index >= 15 is 0 Å². The molecule has 0 aliphatic carbocycles. The van der Waals surface area contributed by atoms with Crippen LogP contribution in [0.2, 0.25) is 0 Å². The lowest BCUT2D eigenvalue weighted by atomic mass is 10.0. The number of nitro benzene ring substituents is 1. The molecule has 20 heavy (non-hydrogen) atoms. The molecule has 1 aromatic carbocycles. The SMILES string of the molecule is CNC(COC)Cc1ccc(S(N)(=O)=O)cc1[N+](=O)[O-]. The largest absolute Gasteiger partial charge is 0.383 e. The Labute approximate surface area is 117 Å². The molecular formula is C11H17N3O5S. The van der Waals surface area contributed by atoms with Gasteiger partial charge in [-0.1, -0.05) is 6.07 Å². The molecule has 0 amide bonds. The normalized spacial score (nSPS) is 13.2. The van der Waals surface area contributed by atoms with E-state index in [0.717, 1.165) is 6.07 Å². The molecule has 0 aliphatic heterocycles. The van der Waals surface area contributed by atoms with Crippen LogP contribution in [0.5, 0.6) is 0 Å². The highest BCUT2D eigenvalue weighted by Gasteiger charge is 2.21. The van der Waals surface area contributed by atoms with Gasteiger partial charge in [-0.05, 0) is 19.5 Å². The van der Waals surface area contributed by atoms with E-state index in [9.17, 15) is 18.5 Å². The van der Waals surface area contributed by atoms with Crippen LogP contribution in [-0.2, 0) is 21.2 Å². The van der Waals surface area contributed by atoms with E-state index in [1.807, 2.05) is 0 Å². The van der Waals surface area contributed by atoms with Gasteiger partial charge >= 0.3 is 0 Å². The van der Waals surface area contributed by atoms with Crippen molar-refractivity contribution in [3.63, 3.8) is 0 Å². The molecule has 0 fully saturated rings. The summed E-state index contributed by atoms with van der Waals surface area (Å²) >= 11 is 0. The van der Waals surface area contributed by atoms with E-state index in [4.69, 9.17) is 9.88 Å². The van der Waals surface area contributed by atoms with Crippen LogP contribution < -0.4 is 10.5 Å². The highest BCUT2D eigenvalue weighted by molar-refractivity contribution is 7.89. The molecule has 3 N–H and O–H groups in total. The lowest BCUT2D eigenvalue weighted by Crippen LogP contribution is -2.32. The van der Waals surface area contributed by atoms with Crippen molar-refractivity contribution in [1.82, 2.24) is 5.32 Å². The average molecular weight is 303 g/mol. The molecule has 8 nitrogen and oxygen atoms in total. The molecule has 1 rings (SSSR count). The molecule has 0 saturated carbocycles. The summed E-state index contributed by atoms with van der Waals surface area (Å²) in [6.07, 6.45) is 0.339. The van der Waals surface area contributed by atoms with Crippen molar-refractivity contribution in [2.24, 2.45) is 5.14 Å². The van der Waals surface area contributed by atoms with Crippen LogP contribution in [-0.4, -0.2) is 40.1 Å². The molecule has 1 atom stereocenters. The van der Waals surface area contributed by atoms with Crippen molar-refractivity contribution in [2.45, 2.75) is 17.4 Å². The minimum Gasteiger partial charge on any atom is -0.383 e. The van der Waals surface area contributed by atoms with Crippen LogP contribution in [0.4, 0.5) is 5.69 Å². The second kappa shape index (κ2) is 6.75. The van der Waals surface area contributed by atoms with Gasteiger partial charge in [0.15, 0.2) is 0 Å². The fraction of sp³-hybridized carbons (Fsp3) is 0.455. The number of nitrogens with two attached hydrogens (primary N) is 1. The number of primary sulfonamides is 1. The quantitative estimate of drug-likeness (QED) is 0.540. The molecule has 0 aliphatic rings. The van der Waals surface area contributed by atoms with E-state index in [0.29, 0.717) is 18.6 Å². The monoisotopic (exact) mass is 303 g/mol. The molecular weight excluding hydrogens is 286 g/mol. The van der Waals surface area contributed by atoms with Crippen LogP contribution in [0.15, 0.2) is 23.1 Å². The zero-order valence-electron chi connectivity index (χ0n) is 11.2. The molecule has 1 aromatic rings. The van der Waals surface area contributed by atoms with Gasteiger partial charge in [0, 0.05) is 24.8 Å². The number of benzene rings is 1. The number of nitrogens with one attached hydrogen (secondary N) is 1. The van der Waals surface area contributed by atoms with Crippen LogP contribution in [0.3, 0.4) is 0 Å². The minimum absolute atomic E-state index is 0.112. The van der Waals surface area contributed by atoms with Gasteiger partial charge in [-0.15, -0.1) is 0 Å². The van der Waals surface area contributed by atoms with Gasteiger partial charge in [0.05, 0.1) is 16.4 Å². The zero-order chi connectivity index (χ0) is 15.3. The fourth-order valence-corrected chi connectivity index (χ4v) is 2.31. The zero-order valence-corrected chi connectivity index (χ0v) is 12.0. The highest BCUT2D eigenvalue weighted by atomic mass is 32.2. The van der Waals surface area contributed by atoms with Crippen molar-refractivity contribution < 1.29 is 18.1 Å². The summed E-state index contributed by atoms with van der Waals surface area (Å²) in [6, 6.07) is 3.53. The lowest BCUT2D eigenvalue weighted by Gasteiger charge is -2.15. The van der Waals surface area contributed by atoms with Crippen molar-refractivity contribution in [2.75, 3.05) is 20.8 Å². The molecule has 9 heteroatoms. The van der Waals surface area contributed by atoms with Crippen molar-refractivity contribution >= 4 is 15.7 Å². The topological polar surface area (TPSA) is 125 Å². The van der Waals surface area contributed by atoms with Crippen LogP contribution >= 0.6 is 0 Å². The van der Waals surface area contributed by atoms with Gasteiger partial charge in [0.2, 0.25) is 10.0 Å². The number of likely N-dealkylation sites (N-methyl/N-ethyl adjacent to an activating group) is 1. The number of hydrogen-bond acceptors (Lipinski definition) is 6. The Kier molecular flexibility index (Phi) is 5.57. The van der Waals surface area contributed by atoms with E-state index in [1.165, 1.54) is 19.2 Å². The predicted octanol–water partition coefficient (Wildman–Crippen LogP) is 0.0191. The molecule has 112 valence electrons.